The highest BCUT2D eigenvalue weighted by Gasteiger charge is 2.13. The van der Waals surface area contributed by atoms with Gasteiger partial charge in [-0.25, -0.2) is 0 Å². The summed E-state index contributed by atoms with van der Waals surface area (Å²) < 4.78 is 24.7. The van der Waals surface area contributed by atoms with Crippen LogP contribution in [0, 0.1) is 0 Å². The first-order chi connectivity index (χ1) is 7.50. The first-order valence-electron chi connectivity index (χ1n) is 5.68. The van der Waals surface area contributed by atoms with E-state index < -0.39 is 6.75 Å². The number of hydrogen-bond donors (Lipinski definition) is 1. The van der Waals surface area contributed by atoms with E-state index in [4.69, 9.17) is 12.2 Å². The van der Waals surface area contributed by atoms with E-state index in [9.17, 15) is 0 Å². The summed E-state index contributed by atoms with van der Waals surface area (Å²) in [5.74, 6) is 0.941. The van der Waals surface area contributed by atoms with Gasteiger partial charge in [-0.15, -0.1) is 0 Å². The normalized spacial score (nSPS) is 21.3. The predicted molar refractivity (Wildman–Crippen MR) is 54.8 cm³/mol. The van der Waals surface area contributed by atoms with Crippen molar-refractivity contribution in [1.82, 2.24) is 5.32 Å². The summed E-state index contributed by atoms with van der Waals surface area (Å²) in [5, 5.41) is 3.15. The fourth-order valence-electron chi connectivity index (χ4n) is 1.41. The van der Waals surface area contributed by atoms with Crippen molar-refractivity contribution in [2.45, 2.75) is 19.4 Å². The van der Waals surface area contributed by atoms with Crippen molar-refractivity contribution in [2.24, 2.45) is 0 Å². The van der Waals surface area contributed by atoms with Gasteiger partial charge in [-0.1, -0.05) is 6.07 Å². The van der Waals surface area contributed by atoms with Crippen LogP contribution < -0.4 is 14.8 Å². The van der Waals surface area contributed by atoms with Gasteiger partial charge in [-0.3, -0.25) is 0 Å². The monoisotopic (exact) mass is 195 g/mol. The zero-order chi connectivity index (χ0) is 11.8. The average Bonchev–Trinajstić information content (AvgIpc) is 2.51. The molecule has 0 saturated carbocycles. The van der Waals surface area contributed by atoms with E-state index in [1.807, 2.05) is 19.2 Å². The Labute approximate surface area is 86.8 Å². The summed E-state index contributed by atoms with van der Waals surface area (Å²) in [6, 6.07) is 5.88. The molecule has 0 aliphatic carbocycles. The lowest BCUT2D eigenvalue weighted by molar-refractivity contribution is 0.174. The first kappa shape index (κ1) is 7.12. The average molecular weight is 195 g/mol. The number of fused-ring (bicyclic) bond motifs is 1. The second-order valence-electron chi connectivity index (χ2n) is 3.46. The number of ether oxygens (including phenoxy) is 2. The summed E-state index contributed by atoms with van der Waals surface area (Å²) in [5.41, 5.74) is 1.10. The summed E-state index contributed by atoms with van der Waals surface area (Å²) in [6.07, 6.45) is 0.871. The molecule has 1 aromatic carbocycles. The second-order valence-corrected chi connectivity index (χ2v) is 3.46. The minimum atomic E-state index is -2.03. The lowest BCUT2D eigenvalue weighted by atomic mass is 10.1. The fourth-order valence-corrected chi connectivity index (χ4v) is 1.41. The van der Waals surface area contributed by atoms with Gasteiger partial charge < -0.3 is 14.8 Å². The minimum Gasteiger partial charge on any atom is -0.454 e. The maximum absolute atomic E-state index is 7.33. The molecule has 14 heavy (non-hydrogen) atoms. The molecule has 0 fully saturated rings. The molecule has 1 aromatic rings. The lowest BCUT2D eigenvalue weighted by Crippen LogP contribution is -2.23. The van der Waals surface area contributed by atoms with Crippen molar-refractivity contribution in [3.8, 4) is 11.5 Å². The van der Waals surface area contributed by atoms with Gasteiger partial charge in [-0.05, 0) is 38.1 Å². The van der Waals surface area contributed by atoms with E-state index in [2.05, 4.69) is 12.2 Å². The molecule has 1 aliphatic heterocycles. The molecule has 2 rings (SSSR count). The number of likely N-dealkylation sites (N-methyl/N-ethyl adjacent to an activating group) is 1. The Morgan fingerprint density at radius 2 is 2.29 bits per heavy atom. The Kier molecular flexibility index (Phi) is 1.97. The topological polar surface area (TPSA) is 30.5 Å². The van der Waals surface area contributed by atoms with Crippen LogP contribution in [0.25, 0.3) is 0 Å². The highest BCUT2D eigenvalue weighted by Crippen LogP contribution is 2.32. The second kappa shape index (κ2) is 3.88. The molecule has 1 N–H and O–H groups in total. The van der Waals surface area contributed by atoms with Crippen LogP contribution in [-0.2, 0) is 6.42 Å². The molecule has 1 aliphatic rings. The van der Waals surface area contributed by atoms with Crippen LogP contribution in [0.1, 0.15) is 15.2 Å². The van der Waals surface area contributed by atoms with Crippen LogP contribution in [0.5, 0.6) is 11.5 Å². The molecule has 76 valence electrons. The SMILES string of the molecule is [2H]C1([2H])Oc2ccc(CC(C)NC)cc2O1. The van der Waals surface area contributed by atoms with Crippen LogP contribution in [-0.4, -0.2) is 19.8 Å². The Morgan fingerprint density at radius 1 is 1.50 bits per heavy atom. The van der Waals surface area contributed by atoms with Gasteiger partial charge in [0, 0.05) is 6.04 Å². The van der Waals surface area contributed by atoms with Gasteiger partial charge in [0.2, 0.25) is 6.75 Å². The van der Waals surface area contributed by atoms with Gasteiger partial charge in [0.25, 0.3) is 0 Å². The number of benzene rings is 1. The third-order valence-corrected chi connectivity index (χ3v) is 2.35. The molecule has 0 spiro atoms. The first-order valence-corrected chi connectivity index (χ1v) is 4.68. The van der Waals surface area contributed by atoms with E-state index in [0.29, 0.717) is 17.5 Å². The molecule has 0 saturated heterocycles. The summed E-state index contributed by atoms with van der Waals surface area (Å²) in [7, 11) is 1.91. The molecule has 0 amide bonds. The molecular formula is C11H15NO2. The Hall–Kier alpha value is -1.22. The van der Waals surface area contributed by atoms with Gasteiger partial charge in [-0.2, -0.15) is 0 Å². The molecule has 0 bridgehead atoms. The third kappa shape index (κ3) is 1.82. The van der Waals surface area contributed by atoms with Crippen molar-refractivity contribution >= 4 is 0 Å². The van der Waals surface area contributed by atoms with E-state index in [0.717, 1.165) is 12.0 Å². The van der Waals surface area contributed by atoms with Crippen LogP contribution in [0.15, 0.2) is 18.2 Å². The zero-order valence-electron chi connectivity index (χ0n) is 10.3. The van der Waals surface area contributed by atoms with Crippen molar-refractivity contribution < 1.29 is 12.2 Å². The summed E-state index contributed by atoms with van der Waals surface area (Å²) in [6.45, 7) is 0.0550. The maximum atomic E-state index is 7.33. The minimum absolute atomic E-state index is 0.372. The van der Waals surface area contributed by atoms with E-state index in [1.165, 1.54) is 0 Å². The third-order valence-electron chi connectivity index (χ3n) is 2.35. The smallest absolute Gasteiger partial charge is 0.231 e. The Morgan fingerprint density at radius 3 is 3.07 bits per heavy atom. The van der Waals surface area contributed by atoms with Crippen molar-refractivity contribution in [1.29, 1.82) is 0 Å². The standard InChI is InChI=1S/C11H15NO2/c1-8(12-2)5-9-3-4-10-11(6-9)14-7-13-10/h3-4,6,8,12H,5,7H2,1-2H3/i7D2. The van der Waals surface area contributed by atoms with Crippen LogP contribution in [0.3, 0.4) is 0 Å². The fraction of sp³-hybridized carbons (Fsp3) is 0.455. The number of nitrogens with one attached hydrogen (secondary N) is 1. The number of rotatable bonds is 3. The van der Waals surface area contributed by atoms with Crippen molar-refractivity contribution in [3.63, 3.8) is 0 Å². The lowest BCUT2D eigenvalue weighted by Gasteiger charge is -2.09. The molecular weight excluding hydrogens is 178 g/mol. The van der Waals surface area contributed by atoms with Crippen molar-refractivity contribution in [2.75, 3.05) is 13.8 Å². The highest BCUT2D eigenvalue weighted by molar-refractivity contribution is 5.44. The quantitative estimate of drug-likeness (QED) is 0.794. The maximum Gasteiger partial charge on any atom is 0.231 e. The molecule has 0 aromatic heterocycles. The number of hydrogen-bond acceptors (Lipinski definition) is 3. The van der Waals surface area contributed by atoms with Gasteiger partial charge >= 0.3 is 0 Å². The zero-order valence-corrected chi connectivity index (χ0v) is 8.33. The molecule has 1 unspecified atom stereocenters. The van der Waals surface area contributed by atoms with Gasteiger partial charge in [0.15, 0.2) is 11.5 Å². The van der Waals surface area contributed by atoms with Crippen LogP contribution in [0.2, 0.25) is 0 Å². The van der Waals surface area contributed by atoms with E-state index in [1.54, 1.807) is 6.07 Å². The van der Waals surface area contributed by atoms with E-state index in [-0.39, 0.29) is 0 Å². The van der Waals surface area contributed by atoms with Gasteiger partial charge in [0.05, 0.1) is 0 Å². The summed E-state index contributed by atoms with van der Waals surface area (Å²) >= 11 is 0. The summed E-state index contributed by atoms with van der Waals surface area (Å²) in [4.78, 5) is 0. The Balaban J connectivity index is 2.16. The van der Waals surface area contributed by atoms with Crippen LogP contribution in [0.4, 0.5) is 0 Å². The van der Waals surface area contributed by atoms with E-state index >= 15 is 0 Å². The molecule has 1 heterocycles. The highest BCUT2D eigenvalue weighted by atomic mass is 16.7. The molecule has 0 radical (unpaired) electrons. The Bertz CT molecular complexity index is 396. The molecule has 3 nitrogen and oxygen atoms in total. The molecule has 1 atom stereocenters. The predicted octanol–water partition coefficient (Wildman–Crippen LogP) is 1.57. The van der Waals surface area contributed by atoms with Crippen LogP contribution >= 0.6 is 0 Å². The van der Waals surface area contributed by atoms with Gasteiger partial charge in [0.1, 0.15) is 2.74 Å². The van der Waals surface area contributed by atoms with Crippen molar-refractivity contribution in [3.05, 3.63) is 23.8 Å². The molecule has 3 heteroatoms. The largest absolute Gasteiger partial charge is 0.454 e.